The van der Waals surface area contributed by atoms with Gasteiger partial charge in [0.2, 0.25) is 11.8 Å². The van der Waals surface area contributed by atoms with Gasteiger partial charge in [-0.1, -0.05) is 54.0 Å². The number of carbonyl (C=O) groups excluding carboxylic acids is 2. The third kappa shape index (κ3) is 7.95. The first-order valence-electron chi connectivity index (χ1n) is 11.6. The van der Waals surface area contributed by atoms with Crippen LogP contribution in [0.5, 0.6) is 0 Å². The molecule has 7 nitrogen and oxygen atoms in total. The van der Waals surface area contributed by atoms with E-state index in [0.29, 0.717) is 5.92 Å². The molecule has 1 fully saturated rings. The van der Waals surface area contributed by atoms with Crippen molar-refractivity contribution in [2.75, 3.05) is 6.54 Å². The van der Waals surface area contributed by atoms with Gasteiger partial charge in [-0.25, -0.2) is 4.79 Å². The fourth-order valence-electron chi connectivity index (χ4n) is 3.89. The first-order chi connectivity index (χ1) is 14.4. The van der Waals surface area contributed by atoms with Gasteiger partial charge in [0.15, 0.2) is 0 Å². The number of piperidine rings is 1. The third-order valence-corrected chi connectivity index (χ3v) is 6.38. The highest BCUT2D eigenvalue weighted by molar-refractivity contribution is 5.90. The third-order valence-electron chi connectivity index (χ3n) is 6.38. The predicted molar refractivity (Wildman–Crippen MR) is 124 cm³/mol. The normalized spacial score (nSPS) is 21.1. The van der Waals surface area contributed by atoms with Crippen molar-refractivity contribution in [2.45, 2.75) is 98.8 Å². The van der Waals surface area contributed by atoms with E-state index in [4.69, 9.17) is 0 Å². The quantitative estimate of drug-likeness (QED) is 0.456. The minimum atomic E-state index is -1.01. The van der Waals surface area contributed by atoms with E-state index >= 15 is 0 Å². The number of nitrogens with one attached hydrogen (secondary N) is 2. The van der Waals surface area contributed by atoms with Crippen LogP contribution in [-0.2, 0) is 14.4 Å². The fourth-order valence-corrected chi connectivity index (χ4v) is 3.89. The molecule has 1 aliphatic heterocycles. The van der Waals surface area contributed by atoms with Crippen molar-refractivity contribution in [3.05, 3.63) is 11.6 Å². The maximum absolute atomic E-state index is 13.2. The molecule has 7 heteroatoms. The van der Waals surface area contributed by atoms with E-state index in [1.807, 2.05) is 27.7 Å². The zero-order valence-electron chi connectivity index (χ0n) is 20.6. The van der Waals surface area contributed by atoms with Crippen LogP contribution in [-0.4, -0.2) is 58.5 Å². The Labute approximate surface area is 188 Å². The Morgan fingerprint density at radius 2 is 1.55 bits per heavy atom. The van der Waals surface area contributed by atoms with Gasteiger partial charge in [0.25, 0.3) is 0 Å². The number of aliphatic carboxylic acids is 1. The molecule has 1 saturated heterocycles. The Morgan fingerprint density at radius 1 is 0.935 bits per heavy atom. The molecule has 0 aliphatic carbocycles. The van der Waals surface area contributed by atoms with Crippen LogP contribution in [0, 0.1) is 17.8 Å². The summed E-state index contributed by atoms with van der Waals surface area (Å²) in [6.45, 7) is 16.6. The van der Waals surface area contributed by atoms with E-state index in [2.05, 4.69) is 36.3 Å². The molecular weight excluding hydrogens is 394 g/mol. The molecule has 0 aromatic rings. The van der Waals surface area contributed by atoms with Crippen molar-refractivity contribution < 1.29 is 19.5 Å². The SMILES string of the molecule is C/C(=C\[C@@H](NC(=O)[C@@H](NC(=O)[C@H]1CCCCN1C(C)C(C)C)C(C)C)C(C)C)C(=O)O. The monoisotopic (exact) mass is 437 g/mol. The Balaban J connectivity index is 2.97. The van der Waals surface area contributed by atoms with Crippen LogP contribution in [0.1, 0.15) is 74.7 Å². The van der Waals surface area contributed by atoms with Gasteiger partial charge in [-0.2, -0.15) is 0 Å². The standard InChI is InChI=1S/C24H43N3O4/c1-14(2)18(8)27-12-10-9-11-20(27)22(28)26-21(16(5)6)23(29)25-19(15(3)4)13-17(7)24(30)31/h13-16,18-21H,9-12H2,1-8H3,(H,25,29)(H,26,28)(H,30,31)/b17-13+/t18?,19-,20-,21+/m1/s1. The Hall–Kier alpha value is -1.89. The van der Waals surface area contributed by atoms with Crippen molar-refractivity contribution in [3.63, 3.8) is 0 Å². The number of hydrogen-bond donors (Lipinski definition) is 3. The summed E-state index contributed by atoms with van der Waals surface area (Å²) < 4.78 is 0. The fraction of sp³-hybridized carbons (Fsp3) is 0.792. The molecule has 1 unspecified atom stereocenters. The van der Waals surface area contributed by atoms with Crippen molar-refractivity contribution in [3.8, 4) is 0 Å². The number of carboxylic acid groups (broad SMARTS) is 1. The number of carboxylic acids is 1. The topological polar surface area (TPSA) is 98.7 Å². The molecule has 2 amide bonds. The van der Waals surface area contributed by atoms with E-state index in [-0.39, 0.29) is 41.3 Å². The zero-order chi connectivity index (χ0) is 23.9. The van der Waals surface area contributed by atoms with Crippen LogP contribution < -0.4 is 10.6 Å². The molecule has 0 spiro atoms. The van der Waals surface area contributed by atoms with Gasteiger partial charge in [0.1, 0.15) is 6.04 Å². The summed E-state index contributed by atoms with van der Waals surface area (Å²) in [5, 5.41) is 15.1. The lowest BCUT2D eigenvalue weighted by Gasteiger charge is -2.41. The lowest BCUT2D eigenvalue weighted by atomic mass is 9.94. The first-order valence-corrected chi connectivity index (χ1v) is 11.6. The largest absolute Gasteiger partial charge is 0.478 e. The molecule has 0 aromatic carbocycles. The highest BCUT2D eigenvalue weighted by Gasteiger charge is 2.35. The van der Waals surface area contributed by atoms with Gasteiger partial charge in [-0.05, 0) is 51.0 Å². The molecule has 31 heavy (non-hydrogen) atoms. The van der Waals surface area contributed by atoms with Crippen molar-refractivity contribution in [1.29, 1.82) is 0 Å². The maximum atomic E-state index is 13.2. The molecule has 1 heterocycles. The molecule has 178 valence electrons. The second-order valence-corrected chi connectivity index (χ2v) is 9.90. The van der Waals surface area contributed by atoms with E-state index in [1.165, 1.54) is 6.92 Å². The van der Waals surface area contributed by atoms with E-state index in [1.54, 1.807) is 6.08 Å². The number of hydrogen-bond acceptors (Lipinski definition) is 4. The summed E-state index contributed by atoms with van der Waals surface area (Å²) in [7, 11) is 0. The summed E-state index contributed by atoms with van der Waals surface area (Å²) in [4.78, 5) is 39.8. The summed E-state index contributed by atoms with van der Waals surface area (Å²) in [5.41, 5.74) is 0.185. The average molecular weight is 438 g/mol. The molecule has 4 atom stereocenters. The van der Waals surface area contributed by atoms with E-state index in [0.717, 1.165) is 25.8 Å². The second kappa shape index (κ2) is 12.2. The molecule has 3 N–H and O–H groups in total. The molecule has 1 rings (SSSR count). The lowest BCUT2D eigenvalue weighted by molar-refractivity contribution is -0.135. The lowest BCUT2D eigenvalue weighted by Crippen LogP contribution is -2.59. The Bertz CT molecular complexity index is 657. The number of likely N-dealkylation sites (tertiary alicyclic amines) is 1. The van der Waals surface area contributed by atoms with Gasteiger partial charge >= 0.3 is 5.97 Å². The van der Waals surface area contributed by atoms with E-state index < -0.39 is 18.1 Å². The zero-order valence-corrected chi connectivity index (χ0v) is 20.6. The summed E-state index contributed by atoms with van der Waals surface area (Å²) >= 11 is 0. The van der Waals surface area contributed by atoms with E-state index in [9.17, 15) is 19.5 Å². The highest BCUT2D eigenvalue weighted by atomic mass is 16.4. The summed E-state index contributed by atoms with van der Waals surface area (Å²) in [5.74, 6) is -1.03. The van der Waals surface area contributed by atoms with Crippen LogP contribution in [0.3, 0.4) is 0 Å². The van der Waals surface area contributed by atoms with Crippen LogP contribution in [0.25, 0.3) is 0 Å². The van der Waals surface area contributed by atoms with Crippen LogP contribution in [0.4, 0.5) is 0 Å². The van der Waals surface area contributed by atoms with Gasteiger partial charge in [-0.15, -0.1) is 0 Å². The van der Waals surface area contributed by atoms with Gasteiger partial charge < -0.3 is 15.7 Å². The molecule has 0 aromatic heterocycles. The molecule has 0 saturated carbocycles. The predicted octanol–water partition coefficient (Wildman–Crippen LogP) is 3.20. The van der Waals surface area contributed by atoms with Gasteiger partial charge in [0, 0.05) is 11.6 Å². The summed E-state index contributed by atoms with van der Waals surface area (Å²) in [6, 6.07) is -1.04. The minimum Gasteiger partial charge on any atom is -0.478 e. The van der Waals surface area contributed by atoms with Gasteiger partial charge in [0.05, 0.1) is 12.1 Å². The number of carbonyl (C=O) groups is 3. The average Bonchev–Trinajstić information content (AvgIpc) is 2.69. The maximum Gasteiger partial charge on any atom is 0.331 e. The van der Waals surface area contributed by atoms with Crippen molar-refractivity contribution in [1.82, 2.24) is 15.5 Å². The van der Waals surface area contributed by atoms with Crippen LogP contribution >= 0.6 is 0 Å². The van der Waals surface area contributed by atoms with Crippen molar-refractivity contribution in [2.24, 2.45) is 17.8 Å². The van der Waals surface area contributed by atoms with Crippen molar-refractivity contribution >= 4 is 17.8 Å². The second-order valence-electron chi connectivity index (χ2n) is 9.90. The molecule has 1 aliphatic rings. The Morgan fingerprint density at radius 3 is 2.03 bits per heavy atom. The summed E-state index contributed by atoms with van der Waals surface area (Å²) in [6.07, 6.45) is 4.45. The first kappa shape index (κ1) is 27.1. The van der Waals surface area contributed by atoms with Crippen LogP contribution in [0.15, 0.2) is 11.6 Å². The Kier molecular flexibility index (Phi) is 10.7. The number of rotatable bonds is 10. The number of nitrogens with zero attached hydrogens (tertiary/aromatic N) is 1. The van der Waals surface area contributed by atoms with Gasteiger partial charge in [-0.3, -0.25) is 14.5 Å². The minimum absolute atomic E-state index is 0.0162. The van der Waals surface area contributed by atoms with Crippen LogP contribution in [0.2, 0.25) is 0 Å². The highest BCUT2D eigenvalue weighted by Crippen LogP contribution is 2.23. The number of amides is 2. The molecule has 0 bridgehead atoms. The molecule has 0 radical (unpaired) electrons. The smallest absolute Gasteiger partial charge is 0.331 e. The molecular formula is C24H43N3O4.